The van der Waals surface area contributed by atoms with Crippen LogP contribution >= 0.6 is 0 Å². The zero-order chi connectivity index (χ0) is 13.9. The Kier molecular flexibility index (Phi) is 3.92. The van der Waals surface area contributed by atoms with Crippen LogP contribution in [0.3, 0.4) is 0 Å². The lowest BCUT2D eigenvalue weighted by atomic mass is 9.93. The van der Waals surface area contributed by atoms with Crippen LogP contribution in [-0.4, -0.2) is 30.2 Å². The number of fused-ring (bicyclic) bond motifs is 1. The average Bonchev–Trinajstić information content (AvgIpc) is 2.89. The van der Waals surface area contributed by atoms with Gasteiger partial charge in [-0.15, -0.1) is 0 Å². The van der Waals surface area contributed by atoms with Crippen molar-refractivity contribution in [2.75, 3.05) is 18.4 Å². The van der Waals surface area contributed by atoms with Gasteiger partial charge >= 0.3 is 0 Å². The van der Waals surface area contributed by atoms with E-state index >= 15 is 0 Å². The Morgan fingerprint density at radius 1 is 1.35 bits per heavy atom. The molecule has 108 valence electrons. The quantitative estimate of drug-likeness (QED) is 0.783. The maximum absolute atomic E-state index is 12.2. The van der Waals surface area contributed by atoms with E-state index in [1.165, 1.54) is 5.56 Å². The molecule has 0 bridgehead atoms. The molecule has 3 N–H and O–H groups in total. The van der Waals surface area contributed by atoms with Crippen LogP contribution < -0.4 is 10.6 Å². The third-order valence-corrected chi connectivity index (χ3v) is 4.55. The molecule has 1 saturated carbocycles. The van der Waals surface area contributed by atoms with Gasteiger partial charge in [0.2, 0.25) is 5.91 Å². The first-order chi connectivity index (χ1) is 9.74. The number of nitrogens with one attached hydrogen (secondary N) is 2. The molecule has 1 heterocycles. The lowest BCUT2D eigenvalue weighted by molar-refractivity contribution is -0.124. The van der Waals surface area contributed by atoms with Crippen LogP contribution in [0.4, 0.5) is 5.69 Å². The largest absolute Gasteiger partial charge is 0.393 e. The molecule has 20 heavy (non-hydrogen) atoms. The molecular weight excluding hydrogens is 252 g/mol. The van der Waals surface area contributed by atoms with Crippen molar-refractivity contribution in [2.45, 2.75) is 31.8 Å². The molecule has 1 fully saturated rings. The first-order valence-corrected chi connectivity index (χ1v) is 7.51. The molecule has 1 aromatic carbocycles. The molecule has 1 aliphatic heterocycles. The van der Waals surface area contributed by atoms with Gasteiger partial charge in [-0.25, -0.2) is 0 Å². The van der Waals surface area contributed by atoms with Crippen LogP contribution in [-0.2, 0) is 11.2 Å². The van der Waals surface area contributed by atoms with Crippen LogP contribution in [0.5, 0.6) is 0 Å². The fraction of sp³-hybridized carbons (Fsp3) is 0.562. The molecule has 0 saturated heterocycles. The summed E-state index contributed by atoms with van der Waals surface area (Å²) in [5.74, 6) is 0.331. The third-order valence-electron chi connectivity index (χ3n) is 4.55. The summed E-state index contributed by atoms with van der Waals surface area (Å²) < 4.78 is 0. The number of rotatable bonds is 3. The topological polar surface area (TPSA) is 61.4 Å². The number of para-hydroxylation sites is 1. The molecule has 1 amide bonds. The van der Waals surface area contributed by atoms with Crippen molar-refractivity contribution in [1.82, 2.24) is 5.32 Å². The summed E-state index contributed by atoms with van der Waals surface area (Å²) in [6.45, 7) is 1.30. The lowest BCUT2D eigenvalue weighted by Crippen LogP contribution is -2.41. The molecular formula is C16H22N2O2. The second-order valence-electron chi connectivity index (χ2n) is 5.94. The second kappa shape index (κ2) is 5.83. The molecule has 3 rings (SSSR count). The highest BCUT2D eigenvalue weighted by atomic mass is 16.3. The standard InChI is InChI=1S/C16H22N2O2/c19-15-7-3-5-12(15)9-18-16(20)13-8-11-4-1-2-6-14(11)17-10-13/h1-2,4,6,12-13,15,17,19H,3,5,7-10H2,(H,18,20). The summed E-state index contributed by atoms with van der Waals surface area (Å²) in [5, 5.41) is 16.1. The fourth-order valence-electron chi connectivity index (χ4n) is 3.26. The molecule has 0 radical (unpaired) electrons. The molecule has 2 aliphatic rings. The fourth-order valence-corrected chi connectivity index (χ4v) is 3.26. The minimum atomic E-state index is -0.236. The van der Waals surface area contributed by atoms with E-state index in [1.807, 2.05) is 12.1 Å². The molecule has 0 spiro atoms. The summed E-state index contributed by atoms with van der Waals surface area (Å²) in [6.07, 6.45) is 3.52. The minimum Gasteiger partial charge on any atom is -0.393 e. The number of carbonyl (C=O) groups is 1. The van der Waals surface area contributed by atoms with Crippen molar-refractivity contribution in [1.29, 1.82) is 0 Å². The van der Waals surface area contributed by atoms with Gasteiger partial charge in [0.15, 0.2) is 0 Å². The van der Waals surface area contributed by atoms with E-state index in [1.54, 1.807) is 0 Å². The molecule has 1 aromatic rings. The highest BCUT2D eigenvalue weighted by Crippen LogP contribution is 2.26. The summed E-state index contributed by atoms with van der Waals surface area (Å²) in [5.41, 5.74) is 2.35. The number of benzene rings is 1. The van der Waals surface area contributed by atoms with E-state index in [9.17, 15) is 9.90 Å². The maximum atomic E-state index is 12.2. The number of aliphatic hydroxyl groups excluding tert-OH is 1. The molecule has 1 aliphatic carbocycles. The number of aliphatic hydroxyl groups is 1. The lowest BCUT2D eigenvalue weighted by Gasteiger charge is -2.26. The summed E-state index contributed by atoms with van der Waals surface area (Å²) in [6, 6.07) is 8.14. The van der Waals surface area contributed by atoms with Gasteiger partial charge in [0, 0.05) is 24.7 Å². The van der Waals surface area contributed by atoms with Gasteiger partial charge < -0.3 is 15.7 Å². The zero-order valence-corrected chi connectivity index (χ0v) is 11.6. The number of hydrogen-bond donors (Lipinski definition) is 3. The van der Waals surface area contributed by atoms with Crippen LogP contribution in [0, 0.1) is 11.8 Å². The van der Waals surface area contributed by atoms with E-state index in [2.05, 4.69) is 22.8 Å². The van der Waals surface area contributed by atoms with Gasteiger partial charge in [0.1, 0.15) is 0 Å². The summed E-state index contributed by atoms with van der Waals surface area (Å²) in [4.78, 5) is 12.2. The monoisotopic (exact) mass is 274 g/mol. The Hall–Kier alpha value is -1.55. The molecule has 4 heteroatoms. The predicted molar refractivity (Wildman–Crippen MR) is 78.5 cm³/mol. The first-order valence-electron chi connectivity index (χ1n) is 7.51. The Bertz CT molecular complexity index is 489. The van der Waals surface area contributed by atoms with E-state index in [0.29, 0.717) is 13.1 Å². The SMILES string of the molecule is O=C(NCC1CCCC1O)C1CNc2ccccc2C1. The van der Waals surface area contributed by atoms with E-state index in [0.717, 1.165) is 31.4 Å². The Morgan fingerprint density at radius 2 is 2.20 bits per heavy atom. The van der Waals surface area contributed by atoms with E-state index in [-0.39, 0.29) is 23.8 Å². The zero-order valence-electron chi connectivity index (χ0n) is 11.6. The average molecular weight is 274 g/mol. The number of amides is 1. The van der Waals surface area contributed by atoms with Crippen molar-refractivity contribution < 1.29 is 9.90 Å². The van der Waals surface area contributed by atoms with Crippen molar-refractivity contribution >= 4 is 11.6 Å². The summed E-state index contributed by atoms with van der Waals surface area (Å²) >= 11 is 0. The van der Waals surface area contributed by atoms with E-state index in [4.69, 9.17) is 0 Å². The number of carbonyl (C=O) groups excluding carboxylic acids is 1. The van der Waals surface area contributed by atoms with Gasteiger partial charge in [0.05, 0.1) is 12.0 Å². The predicted octanol–water partition coefficient (Wildman–Crippen LogP) is 1.55. The third kappa shape index (κ3) is 2.80. The highest BCUT2D eigenvalue weighted by Gasteiger charge is 2.28. The highest BCUT2D eigenvalue weighted by molar-refractivity contribution is 5.80. The van der Waals surface area contributed by atoms with E-state index < -0.39 is 0 Å². The van der Waals surface area contributed by atoms with Crippen LogP contribution in [0.1, 0.15) is 24.8 Å². The smallest absolute Gasteiger partial charge is 0.225 e. The van der Waals surface area contributed by atoms with Crippen LogP contribution in [0.2, 0.25) is 0 Å². The Labute approximate surface area is 119 Å². The van der Waals surface area contributed by atoms with Gasteiger partial charge in [-0.05, 0) is 30.9 Å². The van der Waals surface area contributed by atoms with Crippen molar-refractivity contribution in [2.24, 2.45) is 11.8 Å². The molecule has 3 atom stereocenters. The van der Waals surface area contributed by atoms with Gasteiger partial charge in [-0.1, -0.05) is 24.6 Å². The normalized spacial score (nSPS) is 28.6. The van der Waals surface area contributed by atoms with Crippen LogP contribution in [0.15, 0.2) is 24.3 Å². The van der Waals surface area contributed by atoms with Crippen molar-refractivity contribution in [3.8, 4) is 0 Å². The van der Waals surface area contributed by atoms with Crippen LogP contribution in [0.25, 0.3) is 0 Å². The molecule has 0 aromatic heterocycles. The van der Waals surface area contributed by atoms with Gasteiger partial charge in [-0.3, -0.25) is 4.79 Å². The van der Waals surface area contributed by atoms with Gasteiger partial charge in [-0.2, -0.15) is 0 Å². The Morgan fingerprint density at radius 3 is 3.00 bits per heavy atom. The molecule has 4 nitrogen and oxygen atoms in total. The summed E-state index contributed by atoms with van der Waals surface area (Å²) in [7, 11) is 0. The first kappa shape index (κ1) is 13.4. The Balaban J connectivity index is 1.54. The van der Waals surface area contributed by atoms with Crippen molar-refractivity contribution in [3.05, 3.63) is 29.8 Å². The van der Waals surface area contributed by atoms with Crippen molar-refractivity contribution in [3.63, 3.8) is 0 Å². The second-order valence-corrected chi connectivity index (χ2v) is 5.94. The van der Waals surface area contributed by atoms with Gasteiger partial charge in [0.25, 0.3) is 0 Å². The minimum absolute atomic E-state index is 0.0107. The molecule has 3 unspecified atom stereocenters. The number of hydrogen-bond acceptors (Lipinski definition) is 3. The maximum Gasteiger partial charge on any atom is 0.225 e. The number of anilines is 1.